The van der Waals surface area contributed by atoms with Crippen LogP contribution < -0.4 is 20.7 Å². The summed E-state index contributed by atoms with van der Waals surface area (Å²) < 4.78 is 9.84. The molecule has 138 valence electrons. The van der Waals surface area contributed by atoms with E-state index in [1.165, 1.54) is 7.11 Å². The van der Waals surface area contributed by atoms with Crippen molar-refractivity contribution >= 4 is 34.9 Å². The Morgan fingerprint density at radius 3 is 2.68 bits per heavy atom. The fourth-order valence-electron chi connectivity index (χ4n) is 2.08. The Morgan fingerprint density at radius 2 is 2.04 bits per heavy atom. The van der Waals surface area contributed by atoms with E-state index >= 15 is 0 Å². The number of methoxy groups -OCH3 is 2. The molecule has 1 aromatic rings. The largest absolute Gasteiger partial charge is 0.497 e. The molecular weight excluding hydrogens is 342 g/mol. The summed E-state index contributed by atoms with van der Waals surface area (Å²) in [6, 6.07) is 6.61. The highest BCUT2D eigenvalue weighted by atomic mass is 32.1. The lowest BCUT2D eigenvalue weighted by atomic mass is 10.1. The van der Waals surface area contributed by atoms with Crippen molar-refractivity contribution < 1.29 is 19.1 Å². The highest BCUT2D eigenvalue weighted by Gasteiger charge is 2.20. The number of ether oxygens (including phenoxy) is 2. The van der Waals surface area contributed by atoms with Crippen LogP contribution in [0.1, 0.15) is 26.2 Å². The van der Waals surface area contributed by atoms with Crippen LogP contribution in [-0.2, 0) is 14.3 Å². The molecule has 1 rings (SSSR count). The number of thiocarbonyl (C=S) groups is 1. The van der Waals surface area contributed by atoms with E-state index in [1.807, 2.05) is 25.1 Å². The van der Waals surface area contributed by atoms with E-state index in [0.717, 1.165) is 18.5 Å². The number of esters is 1. The molecule has 0 fully saturated rings. The second-order valence-corrected chi connectivity index (χ2v) is 5.73. The highest BCUT2D eigenvalue weighted by molar-refractivity contribution is 7.80. The van der Waals surface area contributed by atoms with Crippen molar-refractivity contribution in [3.8, 4) is 5.75 Å². The zero-order chi connectivity index (χ0) is 18.7. The van der Waals surface area contributed by atoms with Crippen LogP contribution in [-0.4, -0.2) is 43.8 Å². The summed E-state index contributed by atoms with van der Waals surface area (Å²) in [6.45, 7) is 1.97. The van der Waals surface area contributed by atoms with Crippen molar-refractivity contribution in [1.29, 1.82) is 0 Å². The fraction of sp³-hybridized carbons (Fsp3) is 0.471. The maximum atomic E-state index is 12.0. The van der Waals surface area contributed by atoms with Crippen molar-refractivity contribution in [2.75, 3.05) is 26.1 Å². The Kier molecular flexibility index (Phi) is 9.31. The summed E-state index contributed by atoms with van der Waals surface area (Å²) >= 11 is 5.16. The maximum Gasteiger partial charge on any atom is 0.328 e. The molecule has 8 heteroatoms. The van der Waals surface area contributed by atoms with Crippen molar-refractivity contribution in [3.63, 3.8) is 0 Å². The first kappa shape index (κ1) is 20.7. The second kappa shape index (κ2) is 11.2. The summed E-state index contributed by atoms with van der Waals surface area (Å²) in [7, 11) is 2.88. The van der Waals surface area contributed by atoms with Gasteiger partial charge < -0.3 is 25.4 Å². The number of amides is 1. The van der Waals surface area contributed by atoms with E-state index in [1.54, 1.807) is 13.2 Å². The van der Waals surface area contributed by atoms with Crippen LogP contribution in [0.15, 0.2) is 24.3 Å². The van der Waals surface area contributed by atoms with E-state index in [4.69, 9.17) is 21.7 Å². The molecule has 0 spiro atoms. The lowest BCUT2D eigenvalue weighted by Crippen LogP contribution is -2.46. The standard InChI is InChI=1S/C17H25N3O4S/c1-4-5-9-14(16(22)24-3)20-15(21)11-18-17(25)19-12-7-6-8-13(10-12)23-2/h6-8,10,14H,4-5,9,11H2,1-3H3,(H,20,21)(H2,18,19,25). The van der Waals surface area contributed by atoms with Crippen LogP contribution in [0.25, 0.3) is 0 Å². The SMILES string of the molecule is CCCCC(NC(=O)CNC(=S)Nc1cccc(OC)c1)C(=O)OC. The van der Waals surface area contributed by atoms with Gasteiger partial charge in [0.05, 0.1) is 20.8 Å². The Labute approximate surface area is 153 Å². The van der Waals surface area contributed by atoms with E-state index in [2.05, 4.69) is 16.0 Å². The minimum Gasteiger partial charge on any atom is -0.497 e. The molecule has 1 aromatic carbocycles. The van der Waals surface area contributed by atoms with Crippen LogP contribution in [0.3, 0.4) is 0 Å². The van der Waals surface area contributed by atoms with Crippen molar-refractivity contribution in [2.24, 2.45) is 0 Å². The molecule has 1 unspecified atom stereocenters. The van der Waals surface area contributed by atoms with Gasteiger partial charge in [-0.15, -0.1) is 0 Å². The van der Waals surface area contributed by atoms with Crippen LogP contribution in [0, 0.1) is 0 Å². The molecule has 25 heavy (non-hydrogen) atoms. The highest BCUT2D eigenvalue weighted by Crippen LogP contribution is 2.16. The number of carbonyl (C=O) groups is 2. The Morgan fingerprint density at radius 1 is 1.28 bits per heavy atom. The fourth-order valence-corrected chi connectivity index (χ4v) is 2.27. The first-order valence-corrected chi connectivity index (χ1v) is 8.47. The molecule has 0 radical (unpaired) electrons. The summed E-state index contributed by atoms with van der Waals surface area (Å²) in [5.74, 6) is -0.0810. The molecule has 1 atom stereocenters. The van der Waals surface area contributed by atoms with Gasteiger partial charge in [0.25, 0.3) is 0 Å². The monoisotopic (exact) mass is 367 g/mol. The first-order valence-electron chi connectivity index (χ1n) is 8.06. The Bertz CT molecular complexity index is 595. The lowest BCUT2D eigenvalue weighted by molar-refractivity contribution is -0.145. The van der Waals surface area contributed by atoms with Gasteiger partial charge in [-0.2, -0.15) is 0 Å². The van der Waals surface area contributed by atoms with Gasteiger partial charge in [0, 0.05) is 11.8 Å². The molecule has 7 nitrogen and oxygen atoms in total. The van der Waals surface area contributed by atoms with E-state index < -0.39 is 12.0 Å². The minimum absolute atomic E-state index is 0.0462. The van der Waals surface area contributed by atoms with Gasteiger partial charge in [-0.1, -0.05) is 25.8 Å². The van der Waals surface area contributed by atoms with Crippen LogP contribution in [0.4, 0.5) is 5.69 Å². The summed E-state index contributed by atoms with van der Waals surface area (Å²) in [6.07, 6.45) is 2.29. The zero-order valence-electron chi connectivity index (χ0n) is 14.8. The molecule has 0 aliphatic heterocycles. The smallest absolute Gasteiger partial charge is 0.328 e. The van der Waals surface area contributed by atoms with Gasteiger partial charge >= 0.3 is 5.97 Å². The Hall–Kier alpha value is -2.35. The number of hydrogen-bond donors (Lipinski definition) is 3. The third-order valence-corrected chi connectivity index (χ3v) is 3.65. The summed E-state index contributed by atoms with van der Waals surface area (Å²) in [5.41, 5.74) is 0.743. The van der Waals surface area contributed by atoms with Crippen molar-refractivity contribution in [2.45, 2.75) is 32.2 Å². The topological polar surface area (TPSA) is 88.7 Å². The minimum atomic E-state index is -0.640. The zero-order valence-corrected chi connectivity index (χ0v) is 15.6. The van der Waals surface area contributed by atoms with E-state index in [9.17, 15) is 9.59 Å². The van der Waals surface area contributed by atoms with Gasteiger partial charge in [-0.3, -0.25) is 4.79 Å². The van der Waals surface area contributed by atoms with Crippen molar-refractivity contribution in [1.82, 2.24) is 10.6 Å². The number of rotatable bonds is 9. The summed E-state index contributed by atoms with van der Waals surface area (Å²) in [4.78, 5) is 23.7. The van der Waals surface area contributed by atoms with E-state index in [0.29, 0.717) is 17.3 Å². The average Bonchev–Trinajstić information content (AvgIpc) is 2.62. The van der Waals surface area contributed by atoms with Crippen LogP contribution in [0.5, 0.6) is 5.75 Å². The Balaban J connectivity index is 2.45. The van der Waals surface area contributed by atoms with Gasteiger partial charge in [0.1, 0.15) is 11.8 Å². The predicted molar refractivity (Wildman–Crippen MR) is 101 cm³/mol. The number of hydrogen-bond acceptors (Lipinski definition) is 5. The molecule has 0 aromatic heterocycles. The number of benzene rings is 1. The molecule has 3 N–H and O–H groups in total. The van der Waals surface area contributed by atoms with Gasteiger partial charge in [-0.25, -0.2) is 4.79 Å². The second-order valence-electron chi connectivity index (χ2n) is 5.33. The average molecular weight is 367 g/mol. The number of nitrogens with one attached hydrogen (secondary N) is 3. The number of unbranched alkanes of at least 4 members (excludes halogenated alkanes) is 1. The van der Waals surface area contributed by atoms with Crippen LogP contribution >= 0.6 is 12.2 Å². The molecule has 0 saturated carbocycles. The van der Waals surface area contributed by atoms with Crippen molar-refractivity contribution in [3.05, 3.63) is 24.3 Å². The summed E-state index contributed by atoms with van der Waals surface area (Å²) in [5, 5.41) is 8.72. The molecule has 0 aliphatic carbocycles. The molecule has 0 saturated heterocycles. The first-order chi connectivity index (χ1) is 12.0. The molecule has 1 amide bonds. The quantitative estimate of drug-likeness (QED) is 0.453. The lowest BCUT2D eigenvalue weighted by Gasteiger charge is -2.17. The van der Waals surface area contributed by atoms with Gasteiger partial charge in [-0.05, 0) is 30.8 Å². The molecular formula is C17H25N3O4S. The molecule has 0 aliphatic rings. The van der Waals surface area contributed by atoms with Crippen LogP contribution in [0.2, 0.25) is 0 Å². The predicted octanol–water partition coefficient (Wildman–Crippen LogP) is 1.83. The van der Waals surface area contributed by atoms with Gasteiger partial charge in [0.15, 0.2) is 5.11 Å². The maximum absolute atomic E-state index is 12.0. The number of carbonyl (C=O) groups excluding carboxylic acids is 2. The van der Waals surface area contributed by atoms with Gasteiger partial charge in [0.2, 0.25) is 5.91 Å². The van der Waals surface area contributed by atoms with E-state index in [-0.39, 0.29) is 12.5 Å². The normalized spacial score (nSPS) is 11.2. The third-order valence-electron chi connectivity index (χ3n) is 3.40. The number of anilines is 1. The third kappa shape index (κ3) is 7.84. The molecule has 0 bridgehead atoms. The molecule has 0 heterocycles.